The summed E-state index contributed by atoms with van der Waals surface area (Å²) in [7, 11) is 3.33. The molecule has 0 aromatic heterocycles. The lowest BCUT2D eigenvalue weighted by Crippen LogP contribution is -2.51. The molecule has 1 aromatic rings. The van der Waals surface area contributed by atoms with Crippen molar-refractivity contribution in [1.82, 2.24) is 16.0 Å². The standard InChI is InChI=1S/C16H25N3O3/c1-16(2,17-3)15(21)19-11-5-10-18-14(20)12-6-8-13(22-4)9-7-12/h6-9,17H,5,10-11H2,1-4H3,(H,18,20)(H,19,21). The van der Waals surface area contributed by atoms with E-state index in [4.69, 9.17) is 4.74 Å². The van der Waals surface area contributed by atoms with Crippen LogP contribution in [0.5, 0.6) is 5.75 Å². The van der Waals surface area contributed by atoms with Gasteiger partial charge in [0.25, 0.3) is 5.91 Å². The van der Waals surface area contributed by atoms with Crippen LogP contribution in [0.4, 0.5) is 0 Å². The molecule has 6 heteroatoms. The third-order valence-electron chi connectivity index (χ3n) is 3.47. The Kier molecular flexibility index (Phi) is 6.85. The molecule has 0 radical (unpaired) electrons. The lowest BCUT2D eigenvalue weighted by Gasteiger charge is -2.22. The van der Waals surface area contributed by atoms with E-state index < -0.39 is 5.54 Å². The highest BCUT2D eigenvalue weighted by molar-refractivity contribution is 5.94. The van der Waals surface area contributed by atoms with Gasteiger partial charge in [-0.3, -0.25) is 9.59 Å². The predicted octanol–water partition coefficient (Wildman–Crippen LogP) is 0.929. The van der Waals surface area contributed by atoms with Gasteiger partial charge in [0.15, 0.2) is 0 Å². The second-order valence-electron chi connectivity index (χ2n) is 5.47. The minimum absolute atomic E-state index is 0.0588. The van der Waals surface area contributed by atoms with Crippen molar-refractivity contribution in [1.29, 1.82) is 0 Å². The molecule has 0 fully saturated rings. The molecule has 22 heavy (non-hydrogen) atoms. The summed E-state index contributed by atoms with van der Waals surface area (Å²) >= 11 is 0. The molecular formula is C16H25N3O3. The van der Waals surface area contributed by atoms with Crippen LogP contribution < -0.4 is 20.7 Å². The Morgan fingerprint density at radius 1 is 1.09 bits per heavy atom. The van der Waals surface area contributed by atoms with Crippen LogP contribution in [0.3, 0.4) is 0 Å². The summed E-state index contributed by atoms with van der Waals surface area (Å²) in [5.41, 5.74) is -0.00653. The van der Waals surface area contributed by atoms with Gasteiger partial charge in [0.05, 0.1) is 12.6 Å². The number of benzene rings is 1. The molecular weight excluding hydrogens is 282 g/mol. The zero-order valence-corrected chi connectivity index (χ0v) is 13.7. The minimum atomic E-state index is -0.591. The van der Waals surface area contributed by atoms with E-state index in [1.54, 1.807) is 38.4 Å². The van der Waals surface area contributed by atoms with Gasteiger partial charge in [-0.1, -0.05) is 0 Å². The first-order valence-electron chi connectivity index (χ1n) is 7.30. The van der Waals surface area contributed by atoms with Gasteiger partial charge >= 0.3 is 0 Å². The topological polar surface area (TPSA) is 79.5 Å². The van der Waals surface area contributed by atoms with Crippen molar-refractivity contribution in [2.24, 2.45) is 0 Å². The summed E-state index contributed by atoms with van der Waals surface area (Å²) in [6.45, 7) is 4.65. The van der Waals surface area contributed by atoms with Crippen LogP contribution >= 0.6 is 0 Å². The summed E-state index contributed by atoms with van der Waals surface area (Å²) in [5, 5.41) is 8.59. The lowest BCUT2D eigenvalue weighted by molar-refractivity contribution is -0.126. The number of ether oxygens (including phenoxy) is 1. The Morgan fingerprint density at radius 3 is 2.23 bits per heavy atom. The fraction of sp³-hybridized carbons (Fsp3) is 0.500. The van der Waals surface area contributed by atoms with Crippen LogP contribution in [0.25, 0.3) is 0 Å². The Bertz CT molecular complexity index is 498. The molecule has 6 nitrogen and oxygen atoms in total. The van der Waals surface area contributed by atoms with E-state index in [9.17, 15) is 9.59 Å². The zero-order chi connectivity index (χ0) is 16.6. The van der Waals surface area contributed by atoms with E-state index in [1.807, 2.05) is 13.8 Å². The molecule has 0 atom stereocenters. The second kappa shape index (κ2) is 8.38. The smallest absolute Gasteiger partial charge is 0.251 e. The van der Waals surface area contributed by atoms with E-state index in [-0.39, 0.29) is 11.8 Å². The predicted molar refractivity (Wildman–Crippen MR) is 86.1 cm³/mol. The highest BCUT2D eigenvalue weighted by Gasteiger charge is 2.24. The third kappa shape index (κ3) is 5.37. The largest absolute Gasteiger partial charge is 0.497 e. The van der Waals surface area contributed by atoms with E-state index in [0.717, 1.165) is 0 Å². The van der Waals surface area contributed by atoms with Crippen LogP contribution in [0.2, 0.25) is 0 Å². The summed E-state index contributed by atoms with van der Waals surface area (Å²) in [6, 6.07) is 6.92. The molecule has 0 aliphatic carbocycles. The van der Waals surface area contributed by atoms with Crippen molar-refractivity contribution in [3.63, 3.8) is 0 Å². The summed E-state index contributed by atoms with van der Waals surface area (Å²) in [6.07, 6.45) is 0.674. The molecule has 0 aliphatic rings. The van der Waals surface area contributed by atoms with Crippen LogP contribution in [0.1, 0.15) is 30.6 Å². The van der Waals surface area contributed by atoms with Crippen LogP contribution in [-0.4, -0.2) is 44.6 Å². The number of likely N-dealkylation sites (N-methyl/N-ethyl adjacent to an activating group) is 1. The molecule has 0 bridgehead atoms. The van der Waals surface area contributed by atoms with E-state index >= 15 is 0 Å². The number of nitrogens with one attached hydrogen (secondary N) is 3. The molecule has 0 spiro atoms. The van der Waals surface area contributed by atoms with Crippen molar-refractivity contribution in [2.45, 2.75) is 25.8 Å². The van der Waals surface area contributed by atoms with Crippen LogP contribution in [-0.2, 0) is 4.79 Å². The average Bonchev–Trinajstić information content (AvgIpc) is 2.54. The Labute approximate surface area is 131 Å². The second-order valence-corrected chi connectivity index (χ2v) is 5.47. The fourth-order valence-electron chi connectivity index (χ4n) is 1.67. The molecule has 1 rings (SSSR count). The molecule has 2 amide bonds. The fourth-order valence-corrected chi connectivity index (χ4v) is 1.67. The maximum atomic E-state index is 11.9. The van der Waals surface area contributed by atoms with Gasteiger partial charge in [-0.05, 0) is 51.6 Å². The van der Waals surface area contributed by atoms with Crippen molar-refractivity contribution in [3.8, 4) is 5.75 Å². The number of methoxy groups -OCH3 is 1. The minimum Gasteiger partial charge on any atom is -0.497 e. The quantitative estimate of drug-likeness (QED) is 0.624. The van der Waals surface area contributed by atoms with Gasteiger partial charge in [-0.2, -0.15) is 0 Å². The molecule has 0 saturated carbocycles. The Balaban J connectivity index is 2.26. The molecule has 122 valence electrons. The maximum absolute atomic E-state index is 11.9. The average molecular weight is 307 g/mol. The third-order valence-corrected chi connectivity index (χ3v) is 3.47. The summed E-state index contributed by atoms with van der Waals surface area (Å²) in [4.78, 5) is 23.7. The van der Waals surface area contributed by atoms with Crippen LogP contribution in [0, 0.1) is 0 Å². The number of hydrogen-bond donors (Lipinski definition) is 3. The molecule has 1 aromatic carbocycles. The number of carbonyl (C=O) groups is 2. The van der Waals surface area contributed by atoms with Gasteiger partial charge in [0.1, 0.15) is 5.75 Å². The number of hydrogen-bond acceptors (Lipinski definition) is 4. The van der Waals surface area contributed by atoms with Gasteiger partial charge in [-0.15, -0.1) is 0 Å². The van der Waals surface area contributed by atoms with E-state index in [0.29, 0.717) is 30.8 Å². The highest BCUT2D eigenvalue weighted by Crippen LogP contribution is 2.10. The summed E-state index contributed by atoms with van der Waals surface area (Å²) in [5.74, 6) is 0.521. The summed E-state index contributed by atoms with van der Waals surface area (Å²) < 4.78 is 5.04. The Morgan fingerprint density at radius 2 is 1.68 bits per heavy atom. The maximum Gasteiger partial charge on any atom is 0.251 e. The van der Waals surface area contributed by atoms with Crippen molar-refractivity contribution in [3.05, 3.63) is 29.8 Å². The molecule has 0 unspecified atom stereocenters. The number of carbonyl (C=O) groups excluding carboxylic acids is 2. The van der Waals surface area contributed by atoms with Crippen molar-refractivity contribution < 1.29 is 14.3 Å². The van der Waals surface area contributed by atoms with E-state index in [1.165, 1.54) is 0 Å². The number of amides is 2. The van der Waals surface area contributed by atoms with Gasteiger partial charge < -0.3 is 20.7 Å². The van der Waals surface area contributed by atoms with Gasteiger partial charge in [-0.25, -0.2) is 0 Å². The van der Waals surface area contributed by atoms with Crippen molar-refractivity contribution in [2.75, 3.05) is 27.2 Å². The highest BCUT2D eigenvalue weighted by atomic mass is 16.5. The number of rotatable bonds is 8. The normalized spacial score (nSPS) is 10.9. The monoisotopic (exact) mass is 307 g/mol. The molecule has 0 heterocycles. The Hall–Kier alpha value is -2.08. The first-order chi connectivity index (χ1) is 10.4. The van der Waals surface area contributed by atoms with E-state index in [2.05, 4.69) is 16.0 Å². The molecule has 0 saturated heterocycles. The van der Waals surface area contributed by atoms with Crippen molar-refractivity contribution >= 4 is 11.8 Å². The first kappa shape index (κ1) is 18.0. The molecule has 3 N–H and O–H groups in total. The molecule has 0 aliphatic heterocycles. The SMILES string of the molecule is CNC(C)(C)C(=O)NCCCNC(=O)c1ccc(OC)cc1. The van der Waals surface area contributed by atoms with Gasteiger partial charge in [0, 0.05) is 18.7 Å². The first-order valence-corrected chi connectivity index (χ1v) is 7.30. The van der Waals surface area contributed by atoms with Crippen LogP contribution in [0.15, 0.2) is 24.3 Å². The lowest BCUT2D eigenvalue weighted by atomic mass is 10.1. The van der Waals surface area contributed by atoms with Gasteiger partial charge in [0.2, 0.25) is 5.91 Å². The zero-order valence-electron chi connectivity index (χ0n) is 13.7.